The van der Waals surface area contributed by atoms with Gasteiger partial charge in [0.15, 0.2) is 0 Å². The smallest absolute Gasteiger partial charge is 0.387 e. The van der Waals surface area contributed by atoms with Gasteiger partial charge in [0.1, 0.15) is 11.0 Å². The second kappa shape index (κ2) is 7.21. The maximum absolute atomic E-state index is 12.1. The van der Waals surface area contributed by atoms with E-state index in [0.717, 1.165) is 11.8 Å². The van der Waals surface area contributed by atoms with E-state index < -0.39 is 17.8 Å². The molecule has 1 aromatic carbocycles. The first-order chi connectivity index (χ1) is 10.5. The van der Waals surface area contributed by atoms with Gasteiger partial charge in [-0.2, -0.15) is 8.78 Å². The quantitative estimate of drug-likeness (QED) is 0.595. The van der Waals surface area contributed by atoms with Gasteiger partial charge in [-0.3, -0.25) is 4.79 Å². The summed E-state index contributed by atoms with van der Waals surface area (Å²) in [4.78, 5) is 11.3. The predicted molar refractivity (Wildman–Crippen MR) is 73.7 cm³/mol. The van der Waals surface area contributed by atoms with Gasteiger partial charge in [-0.1, -0.05) is 11.8 Å². The maximum Gasteiger partial charge on any atom is 0.387 e. The van der Waals surface area contributed by atoms with Gasteiger partial charge in [-0.25, -0.2) is 0 Å². The molecule has 0 amide bonds. The molecule has 2 aromatic rings. The number of hydrogen-bond donors (Lipinski definition) is 0. The number of ether oxygens (including phenoxy) is 2. The number of esters is 1. The predicted octanol–water partition coefficient (Wildman–Crippen LogP) is 2.99. The number of nitrogens with zero attached hydrogens (tertiary/aromatic N) is 2. The van der Waals surface area contributed by atoms with E-state index in [0.29, 0.717) is 5.56 Å². The lowest BCUT2D eigenvalue weighted by molar-refractivity contribution is -0.139. The van der Waals surface area contributed by atoms with E-state index >= 15 is 0 Å². The Balaban J connectivity index is 2.06. The first-order valence-corrected chi connectivity index (χ1v) is 7.01. The van der Waals surface area contributed by atoms with E-state index in [-0.39, 0.29) is 16.9 Å². The third-order valence-corrected chi connectivity index (χ3v) is 3.46. The van der Waals surface area contributed by atoms with Crippen LogP contribution in [0.5, 0.6) is 5.75 Å². The minimum atomic E-state index is -2.88. The van der Waals surface area contributed by atoms with Crippen LogP contribution in [0.2, 0.25) is 0 Å². The van der Waals surface area contributed by atoms with Crippen molar-refractivity contribution in [1.82, 2.24) is 10.2 Å². The molecule has 1 heterocycles. The van der Waals surface area contributed by atoms with Crippen molar-refractivity contribution in [2.24, 2.45) is 0 Å². The molecule has 1 unspecified atom stereocenters. The molecule has 0 radical (unpaired) electrons. The SMILES string of the molecule is COC(=O)C(C)Sc1nnc(-c2ccc(OC(F)F)cc2)o1. The lowest BCUT2D eigenvalue weighted by atomic mass is 10.2. The molecule has 6 nitrogen and oxygen atoms in total. The van der Waals surface area contributed by atoms with Crippen molar-refractivity contribution >= 4 is 17.7 Å². The number of rotatable bonds is 6. The van der Waals surface area contributed by atoms with Crippen molar-refractivity contribution in [3.05, 3.63) is 24.3 Å². The van der Waals surface area contributed by atoms with Crippen LogP contribution in [0.3, 0.4) is 0 Å². The van der Waals surface area contributed by atoms with Crippen LogP contribution in [0.1, 0.15) is 6.92 Å². The van der Waals surface area contributed by atoms with Crippen molar-refractivity contribution in [1.29, 1.82) is 0 Å². The molecule has 9 heteroatoms. The highest BCUT2D eigenvalue weighted by molar-refractivity contribution is 8.00. The lowest BCUT2D eigenvalue weighted by Gasteiger charge is -2.04. The molecule has 0 N–H and O–H groups in total. The molecule has 0 aliphatic carbocycles. The molecule has 0 spiro atoms. The summed E-state index contributed by atoms with van der Waals surface area (Å²) in [7, 11) is 1.29. The highest BCUT2D eigenvalue weighted by Crippen LogP contribution is 2.27. The van der Waals surface area contributed by atoms with Crippen LogP contribution in [0.15, 0.2) is 33.9 Å². The van der Waals surface area contributed by atoms with Gasteiger partial charge in [-0.15, -0.1) is 10.2 Å². The molecule has 0 saturated heterocycles. The summed E-state index contributed by atoms with van der Waals surface area (Å²) < 4.78 is 38.4. The molecule has 0 saturated carbocycles. The zero-order valence-electron chi connectivity index (χ0n) is 11.7. The van der Waals surface area contributed by atoms with Gasteiger partial charge < -0.3 is 13.9 Å². The number of hydrogen-bond acceptors (Lipinski definition) is 7. The summed E-state index contributed by atoms with van der Waals surface area (Å²) in [5, 5.41) is 7.37. The largest absolute Gasteiger partial charge is 0.468 e. The summed E-state index contributed by atoms with van der Waals surface area (Å²) in [6.45, 7) is -1.23. The molecule has 0 aliphatic rings. The standard InChI is InChI=1S/C13H12F2N2O4S/c1-7(11(18)19-2)22-13-17-16-10(21-13)8-3-5-9(6-4-8)20-12(14)15/h3-7,12H,1-2H3. The number of carbonyl (C=O) groups excluding carboxylic acids is 1. The van der Waals surface area contributed by atoms with E-state index in [2.05, 4.69) is 19.7 Å². The number of aromatic nitrogens is 2. The van der Waals surface area contributed by atoms with Crippen molar-refractivity contribution in [2.75, 3.05) is 7.11 Å². The summed E-state index contributed by atoms with van der Waals surface area (Å²) >= 11 is 1.06. The summed E-state index contributed by atoms with van der Waals surface area (Å²) in [5.41, 5.74) is 0.548. The van der Waals surface area contributed by atoms with Gasteiger partial charge in [-0.05, 0) is 31.2 Å². The lowest BCUT2D eigenvalue weighted by Crippen LogP contribution is -2.14. The van der Waals surface area contributed by atoms with Gasteiger partial charge >= 0.3 is 12.6 Å². The first kappa shape index (κ1) is 16.2. The van der Waals surface area contributed by atoms with Crippen LogP contribution in [0, 0.1) is 0 Å². The normalized spacial score (nSPS) is 12.2. The number of thioether (sulfide) groups is 1. The minimum absolute atomic E-state index is 0.0344. The molecule has 1 aromatic heterocycles. The van der Waals surface area contributed by atoms with E-state index in [4.69, 9.17) is 4.42 Å². The Kier molecular flexibility index (Phi) is 5.31. The molecule has 2 rings (SSSR count). The molecule has 0 fully saturated rings. The summed E-state index contributed by atoms with van der Waals surface area (Å²) in [5.74, 6) is -0.159. The number of benzene rings is 1. The fourth-order valence-electron chi connectivity index (χ4n) is 1.52. The molecule has 1 atom stereocenters. The topological polar surface area (TPSA) is 74.5 Å². The average molecular weight is 330 g/mol. The van der Waals surface area contributed by atoms with Crippen molar-refractivity contribution in [3.8, 4) is 17.2 Å². The van der Waals surface area contributed by atoms with Gasteiger partial charge in [0, 0.05) is 5.56 Å². The zero-order valence-corrected chi connectivity index (χ0v) is 12.5. The Labute approximate surface area is 128 Å². The number of carbonyl (C=O) groups is 1. The van der Waals surface area contributed by atoms with E-state index in [1.54, 1.807) is 6.92 Å². The van der Waals surface area contributed by atoms with Crippen LogP contribution in [0.4, 0.5) is 8.78 Å². The average Bonchev–Trinajstić information content (AvgIpc) is 2.95. The maximum atomic E-state index is 12.1. The number of alkyl halides is 2. The monoisotopic (exact) mass is 330 g/mol. The fraction of sp³-hybridized carbons (Fsp3) is 0.308. The molecule has 22 heavy (non-hydrogen) atoms. The van der Waals surface area contributed by atoms with Crippen LogP contribution in [-0.4, -0.2) is 35.1 Å². The molecular weight excluding hydrogens is 318 g/mol. The fourth-order valence-corrected chi connectivity index (χ4v) is 2.23. The zero-order chi connectivity index (χ0) is 16.1. The van der Waals surface area contributed by atoms with Crippen molar-refractivity contribution in [3.63, 3.8) is 0 Å². The second-order valence-corrected chi connectivity index (χ2v) is 5.35. The summed E-state index contributed by atoms with van der Waals surface area (Å²) in [6, 6.07) is 5.78. The van der Waals surface area contributed by atoms with E-state index in [9.17, 15) is 13.6 Å². The van der Waals surface area contributed by atoms with Gasteiger partial charge in [0.2, 0.25) is 5.89 Å². The molecule has 0 bridgehead atoms. The third-order valence-electron chi connectivity index (χ3n) is 2.54. The first-order valence-electron chi connectivity index (χ1n) is 6.13. The second-order valence-electron chi connectivity index (χ2n) is 4.06. The van der Waals surface area contributed by atoms with Gasteiger partial charge in [0.05, 0.1) is 7.11 Å². The van der Waals surface area contributed by atoms with Crippen LogP contribution >= 0.6 is 11.8 Å². The van der Waals surface area contributed by atoms with Gasteiger partial charge in [0.25, 0.3) is 5.22 Å². The Morgan fingerprint density at radius 1 is 1.27 bits per heavy atom. The van der Waals surface area contributed by atoms with E-state index in [1.807, 2.05) is 0 Å². The number of methoxy groups -OCH3 is 1. The Morgan fingerprint density at radius 2 is 1.95 bits per heavy atom. The third kappa shape index (κ3) is 4.17. The highest BCUT2D eigenvalue weighted by atomic mass is 32.2. The summed E-state index contributed by atoms with van der Waals surface area (Å²) in [6.07, 6.45) is 0. The van der Waals surface area contributed by atoms with Crippen molar-refractivity contribution in [2.45, 2.75) is 24.0 Å². The van der Waals surface area contributed by atoms with Crippen LogP contribution in [-0.2, 0) is 9.53 Å². The van der Waals surface area contributed by atoms with E-state index in [1.165, 1.54) is 31.4 Å². The number of halogens is 2. The molecular formula is C13H12F2N2O4S. The van der Waals surface area contributed by atoms with Crippen LogP contribution in [0.25, 0.3) is 11.5 Å². The van der Waals surface area contributed by atoms with Crippen molar-refractivity contribution < 1.29 is 27.5 Å². The Bertz CT molecular complexity index is 633. The Hall–Kier alpha value is -2.16. The highest BCUT2D eigenvalue weighted by Gasteiger charge is 2.19. The molecule has 118 valence electrons. The molecule has 0 aliphatic heterocycles. The van der Waals surface area contributed by atoms with Crippen LogP contribution < -0.4 is 4.74 Å². The Morgan fingerprint density at radius 3 is 2.55 bits per heavy atom. The minimum Gasteiger partial charge on any atom is -0.468 e.